The summed E-state index contributed by atoms with van der Waals surface area (Å²) in [6.07, 6.45) is -4.54. The predicted octanol–water partition coefficient (Wildman–Crippen LogP) is 1.74. The summed E-state index contributed by atoms with van der Waals surface area (Å²) >= 11 is 0. The highest BCUT2D eigenvalue weighted by atomic mass is 19.4. The number of carbonyl (C=O) groups is 1. The smallest absolute Gasteiger partial charge is 0.370 e. The van der Waals surface area contributed by atoms with Crippen LogP contribution in [-0.2, 0) is 9.53 Å². The fourth-order valence-electron chi connectivity index (χ4n) is 2.17. The lowest BCUT2D eigenvalue weighted by Crippen LogP contribution is -2.46. The van der Waals surface area contributed by atoms with Crippen LogP contribution in [-0.4, -0.2) is 49.8 Å². The summed E-state index contributed by atoms with van der Waals surface area (Å²) in [6, 6.07) is 9.45. The molecule has 2 rings (SSSR count). The highest BCUT2D eigenvalue weighted by molar-refractivity contribution is 5.78. The van der Waals surface area contributed by atoms with Crippen molar-refractivity contribution in [2.24, 2.45) is 0 Å². The summed E-state index contributed by atoms with van der Waals surface area (Å²) in [4.78, 5) is 13.4. The Kier molecular flexibility index (Phi) is 5.19. The van der Waals surface area contributed by atoms with Gasteiger partial charge in [-0.25, -0.2) is 0 Å². The Bertz CT molecular complexity index is 465. The van der Waals surface area contributed by atoms with Gasteiger partial charge in [-0.2, -0.15) is 13.2 Å². The van der Waals surface area contributed by atoms with Crippen molar-refractivity contribution in [3.05, 3.63) is 35.9 Å². The molecule has 1 aliphatic heterocycles. The van der Waals surface area contributed by atoms with Gasteiger partial charge in [0.2, 0.25) is 5.91 Å². The van der Waals surface area contributed by atoms with E-state index < -0.39 is 12.7 Å². The highest BCUT2D eigenvalue weighted by Crippen LogP contribution is 2.21. The van der Waals surface area contributed by atoms with Gasteiger partial charge in [0, 0.05) is 6.54 Å². The maximum atomic E-state index is 12.0. The normalized spacial score (nSPS) is 19.6. The van der Waals surface area contributed by atoms with Crippen molar-refractivity contribution in [3.8, 4) is 0 Å². The molecular formula is C14H17F3N2O2. The number of amides is 1. The maximum absolute atomic E-state index is 12.0. The molecule has 0 spiro atoms. The molecule has 0 aromatic heterocycles. The van der Waals surface area contributed by atoms with Crippen LogP contribution in [0.3, 0.4) is 0 Å². The van der Waals surface area contributed by atoms with Crippen LogP contribution in [0, 0.1) is 0 Å². The molecule has 1 fully saturated rings. The SMILES string of the molecule is O=C(CNCC(F)(F)F)N1CCOC(c2ccccc2)C1. The third-order valence-corrected chi connectivity index (χ3v) is 3.19. The first kappa shape index (κ1) is 15.8. The van der Waals surface area contributed by atoms with Gasteiger partial charge in [0.05, 0.1) is 26.2 Å². The summed E-state index contributed by atoms with van der Waals surface area (Å²) in [5.74, 6) is -0.344. The fourth-order valence-corrected chi connectivity index (χ4v) is 2.17. The van der Waals surface area contributed by atoms with Crippen LogP contribution in [0.1, 0.15) is 11.7 Å². The molecule has 0 radical (unpaired) electrons. The molecule has 1 aromatic rings. The van der Waals surface area contributed by atoms with E-state index in [9.17, 15) is 18.0 Å². The number of rotatable bonds is 4. The summed E-state index contributed by atoms with van der Waals surface area (Å²) in [6.45, 7) is -0.344. The Morgan fingerprint density at radius 3 is 2.71 bits per heavy atom. The van der Waals surface area contributed by atoms with Crippen LogP contribution in [0.5, 0.6) is 0 Å². The van der Waals surface area contributed by atoms with Crippen LogP contribution < -0.4 is 5.32 Å². The van der Waals surface area contributed by atoms with Gasteiger partial charge in [-0.3, -0.25) is 4.79 Å². The van der Waals surface area contributed by atoms with Gasteiger partial charge < -0.3 is 15.0 Å². The minimum atomic E-state index is -4.31. The molecule has 1 amide bonds. The van der Waals surface area contributed by atoms with E-state index in [1.54, 1.807) is 0 Å². The van der Waals surface area contributed by atoms with Crippen molar-refractivity contribution in [2.45, 2.75) is 12.3 Å². The highest BCUT2D eigenvalue weighted by Gasteiger charge is 2.28. The number of benzene rings is 1. The van der Waals surface area contributed by atoms with Gasteiger partial charge in [-0.1, -0.05) is 30.3 Å². The zero-order chi connectivity index (χ0) is 15.3. The molecule has 21 heavy (non-hydrogen) atoms. The van der Waals surface area contributed by atoms with Crippen LogP contribution in [0.15, 0.2) is 30.3 Å². The molecule has 1 unspecified atom stereocenters. The minimum Gasteiger partial charge on any atom is -0.370 e. The van der Waals surface area contributed by atoms with Gasteiger partial charge in [0.25, 0.3) is 0 Å². The average molecular weight is 302 g/mol. The zero-order valence-corrected chi connectivity index (χ0v) is 11.4. The number of ether oxygens (including phenoxy) is 1. The topological polar surface area (TPSA) is 41.6 Å². The average Bonchev–Trinajstić information content (AvgIpc) is 2.47. The van der Waals surface area contributed by atoms with Gasteiger partial charge >= 0.3 is 6.18 Å². The summed E-state index contributed by atoms with van der Waals surface area (Å²) in [5.41, 5.74) is 0.957. The van der Waals surface area contributed by atoms with Crippen molar-refractivity contribution in [2.75, 3.05) is 32.8 Å². The molecule has 1 aliphatic rings. The Balaban J connectivity index is 1.85. The van der Waals surface area contributed by atoms with E-state index in [4.69, 9.17) is 4.74 Å². The zero-order valence-electron chi connectivity index (χ0n) is 11.4. The lowest BCUT2D eigenvalue weighted by atomic mass is 10.1. The van der Waals surface area contributed by atoms with Crippen LogP contribution >= 0.6 is 0 Å². The molecule has 4 nitrogen and oxygen atoms in total. The maximum Gasteiger partial charge on any atom is 0.401 e. The van der Waals surface area contributed by atoms with E-state index in [-0.39, 0.29) is 18.6 Å². The first-order valence-electron chi connectivity index (χ1n) is 6.67. The lowest BCUT2D eigenvalue weighted by molar-refractivity contribution is -0.140. The molecule has 1 saturated heterocycles. The van der Waals surface area contributed by atoms with Gasteiger partial charge in [-0.15, -0.1) is 0 Å². The Labute approximate surface area is 120 Å². The van der Waals surface area contributed by atoms with Crippen LogP contribution in [0.2, 0.25) is 0 Å². The third kappa shape index (κ3) is 5.02. The van der Waals surface area contributed by atoms with E-state index in [0.29, 0.717) is 19.7 Å². The number of nitrogens with zero attached hydrogens (tertiary/aromatic N) is 1. The molecule has 0 aliphatic carbocycles. The number of alkyl halides is 3. The van der Waals surface area contributed by atoms with E-state index >= 15 is 0 Å². The van der Waals surface area contributed by atoms with Gasteiger partial charge in [-0.05, 0) is 5.56 Å². The molecule has 116 valence electrons. The molecular weight excluding hydrogens is 285 g/mol. The summed E-state index contributed by atoms with van der Waals surface area (Å²) in [5, 5.41) is 2.12. The fraction of sp³-hybridized carbons (Fsp3) is 0.500. The predicted molar refractivity (Wildman–Crippen MR) is 70.6 cm³/mol. The molecule has 0 bridgehead atoms. The lowest BCUT2D eigenvalue weighted by Gasteiger charge is -2.33. The first-order chi connectivity index (χ1) is 9.96. The first-order valence-corrected chi connectivity index (χ1v) is 6.67. The van der Waals surface area contributed by atoms with Crippen molar-refractivity contribution < 1.29 is 22.7 Å². The van der Waals surface area contributed by atoms with Gasteiger partial charge in [0.1, 0.15) is 6.10 Å². The van der Waals surface area contributed by atoms with Crippen LogP contribution in [0.4, 0.5) is 13.2 Å². The largest absolute Gasteiger partial charge is 0.401 e. The Hall–Kier alpha value is -1.60. The number of nitrogens with one attached hydrogen (secondary N) is 1. The molecule has 1 N–H and O–H groups in total. The number of morpholine rings is 1. The Morgan fingerprint density at radius 1 is 1.33 bits per heavy atom. The summed E-state index contributed by atoms with van der Waals surface area (Å²) < 4.78 is 41.7. The molecule has 1 aromatic carbocycles. The molecule has 1 atom stereocenters. The third-order valence-electron chi connectivity index (χ3n) is 3.19. The standard InChI is InChI=1S/C14H17F3N2O2/c15-14(16,17)10-18-8-13(20)19-6-7-21-12(9-19)11-4-2-1-3-5-11/h1-5,12,18H,6-10H2. The van der Waals surface area contributed by atoms with E-state index in [1.807, 2.05) is 30.3 Å². The monoisotopic (exact) mass is 302 g/mol. The van der Waals surface area contributed by atoms with Gasteiger partial charge in [0.15, 0.2) is 0 Å². The molecule has 0 saturated carbocycles. The number of hydrogen-bond acceptors (Lipinski definition) is 3. The Morgan fingerprint density at radius 2 is 2.05 bits per heavy atom. The second-order valence-corrected chi connectivity index (χ2v) is 4.83. The van der Waals surface area contributed by atoms with E-state index in [0.717, 1.165) is 5.56 Å². The van der Waals surface area contributed by atoms with E-state index in [2.05, 4.69) is 5.32 Å². The second kappa shape index (κ2) is 6.91. The van der Waals surface area contributed by atoms with Crippen molar-refractivity contribution in [1.82, 2.24) is 10.2 Å². The number of halogens is 3. The van der Waals surface area contributed by atoms with Crippen molar-refractivity contribution >= 4 is 5.91 Å². The quantitative estimate of drug-likeness (QED) is 0.921. The molecule has 7 heteroatoms. The van der Waals surface area contributed by atoms with Crippen LogP contribution in [0.25, 0.3) is 0 Å². The van der Waals surface area contributed by atoms with Crippen molar-refractivity contribution in [1.29, 1.82) is 0 Å². The number of carbonyl (C=O) groups excluding carboxylic acids is 1. The van der Waals surface area contributed by atoms with Crippen molar-refractivity contribution in [3.63, 3.8) is 0 Å². The minimum absolute atomic E-state index is 0.230. The summed E-state index contributed by atoms with van der Waals surface area (Å²) in [7, 11) is 0. The molecule has 1 heterocycles. The number of hydrogen-bond donors (Lipinski definition) is 1. The second-order valence-electron chi connectivity index (χ2n) is 4.83. The van der Waals surface area contributed by atoms with E-state index in [1.165, 1.54) is 4.90 Å².